The maximum Gasteiger partial charge on any atom is 0.416 e. The van der Waals surface area contributed by atoms with E-state index in [2.05, 4.69) is 30.1 Å². The second kappa shape index (κ2) is 11.8. The van der Waals surface area contributed by atoms with Crippen LogP contribution in [0.3, 0.4) is 0 Å². The predicted octanol–water partition coefficient (Wildman–Crippen LogP) is 6.19. The van der Waals surface area contributed by atoms with Gasteiger partial charge in [0, 0.05) is 56.5 Å². The summed E-state index contributed by atoms with van der Waals surface area (Å²) in [6.45, 7) is 7.20. The molecule has 0 spiro atoms. The molecule has 0 aromatic heterocycles. The first-order chi connectivity index (χ1) is 19.7. The summed E-state index contributed by atoms with van der Waals surface area (Å²) in [5, 5.41) is 3.55. The van der Waals surface area contributed by atoms with Crippen molar-refractivity contribution < 1.29 is 26.4 Å². The highest BCUT2D eigenvalue weighted by Gasteiger charge is 2.51. The van der Waals surface area contributed by atoms with Crippen LogP contribution in [-0.2, 0) is 16.2 Å². The zero-order valence-electron chi connectivity index (χ0n) is 23.7. The number of urea groups is 1. The summed E-state index contributed by atoms with van der Waals surface area (Å²) in [5.41, 5.74) is 1.16. The van der Waals surface area contributed by atoms with Gasteiger partial charge in [0.2, 0.25) is 10.0 Å². The van der Waals surface area contributed by atoms with Crippen molar-refractivity contribution in [1.29, 1.82) is 0 Å². The number of nitrogens with one attached hydrogen (secondary N) is 1. The van der Waals surface area contributed by atoms with Crippen LogP contribution in [0.4, 0.5) is 23.7 Å². The molecule has 12 heteroatoms. The molecule has 3 aliphatic carbocycles. The number of hydrogen-bond donors (Lipinski definition) is 1. The number of fused-ring (bicyclic) bond motifs is 1. The fraction of sp³-hybridized carbons (Fsp3) is 0.500. The van der Waals surface area contributed by atoms with Gasteiger partial charge in [-0.2, -0.15) is 17.5 Å². The zero-order chi connectivity index (χ0) is 30.3. The van der Waals surface area contributed by atoms with E-state index in [1.807, 2.05) is 0 Å². The molecule has 2 aromatic rings. The predicted molar refractivity (Wildman–Crippen MR) is 157 cm³/mol. The summed E-state index contributed by atoms with van der Waals surface area (Å²) in [6, 6.07) is 10.6. The number of halogens is 4. The molecule has 2 bridgehead atoms. The summed E-state index contributed by atoms with van der Waals surface area (Å²) in [5.74, 6) is 1.14. The average molecular weight is 625 g/mol. The van der Waals surface area contributed by atoms with Crippen molar-refractivity contribution in [3.8, 4) is 0 Å². The number of benzene rings is 2. The molecular weight excluding hydrogens is 589 g/mol. The third kappa shape index (κ3) is 6.49. The second-order valence-electron chi connectivity index (χ2n) is 12.0. The molecule has 228 valence electrons. The lowest BCUT2D eigenvalue weighted by atomic mass is 9.49. The molecule has 2 atom stereocenters. The molecule has 7 nitrogen and oxygen atoms in total. The van der Waals surface area contributed by atoms with Gasteiger partial charge in [0.05, 0.1) is 10.5 Å². The first-order valence-corrected chi connectivity index (χ1v) is 16.0. The molecule has 2 unspecified atom stereocenters. The maximum absolute atomic E-state index is 13.4. The van der Waals surface area contributed by atoms with Crippen LogP contribution in [0.25, 0.3) is 0 Å². The first kappa shape index (κ1) is 30.8. The lowest BCUT2D eigenvalue weighted by molar-refractivity contribution is -0.137. The van der Waals surface area contributed by atoms with Crippen molar-refractivity contribution >= 4 is 33.3 Å². The number of rotatable bonds is 8. The number of anilines is 1. The summed E-state index contributed by atoms with van der Waals surface area (Å²) in [7, 11) is -4.07. The quantitative estimate of drug-likeness (QED) is 0.356. The van der Waals surface area contributed by atoms with Crippen molar-refractivity contribution in [2.75, 3.05) is 51.1 Å². The number of hydrogen-bond acceptors (Lipinski definition) is 4. The Balaban J connectivity index is 1.22. The van der Waals surface area contributed by atoms with Crippen LogP contribution in [0.5, 0.6) is 0 Å². The van der Waals surface area contributed by atoms with Gasteiger partial charge in [-0.1, -0.05) is 43.2 Å². The molecule has 1 saturated heterocycles. The minimum absolute atomic E-state index is 0.151. The van der Waals surface area contributed by atoms with Gasteiger partial charge in [-0.3, -0.25) is 4.90 Å². The van der Waals surface area contributed by atoms with E-state index < -0.39 is 21.8 Å². The maximum atomic E-state index is 13.4. The lowest BCUT2D eigenvalue weighted by Crippen LogP contribution is -2.52. The van der Waals surface area contributed by atoms with Crippen LogP contribution >= 0.6 is 11.6 Å². The Kier molecular flexibility index (Phi) is 8.68. The number of piperazine rings is 1. The molecular formula is C30H36ClF3N4O3S. The van der Waals surface area contributed by atoms with Gasteiger partial charge in [0.25, 0.3) is 0 Å². The molecule has 4 aliphatic rings. The van der Waals surface area contributed by atoms with Gasteiger partial charge in [0.1, 0.15) is 0 Å². The summed E-state index contributed by atoms with van der Waals surface area (Å²) in [4.78, 5) is 17.0. The Labute approximate surface area is 250 Å². The number of alkyl halides is 3. The Morgan fingerprint density at radius 1 is 1.10 bits per heavy atom. The molecule has 0 radical (unpaired) electrons. The van der Waals surface area contributed by atoms with E-state index in [9.17, 15) is 26.4 Å². The molecule has 1 heterocycles. The minimum Gasteiger partial charge on any atom is -0.319 e. The van der Waals surface area contributed by atoms with Crippen LogP contribution < -0.4 is 5.32 Å². The van der Waals surface area contributed by atoms with Gasteiger partial charge in [-0.05, 0) is 72.6 Å². The number of carbonyl (C=O) groups excluding carboxylic acids is 1. The topological polar surface area (TPSA) is 73.0 Å². The van der Waals surface area contributed by atoms with Crippen molar-refractivity contribution in [2.24, 2.45) is 17.3 Å². The lowest BCUT2D eigenvalue weighted by Gasteiger charge is -2.57. The SMILES string of the molecule is CC1(C)C2CC=C(CN(CCN3CCN(S(=O)(=O)c4cccc(C(F)(F)F)c4)CC3)C(=O)Nc3ccc(Cl)cc3)C1C2. The van der Waals surface area contributed by atoms with Crippen LogP contribution in [0.2, 0.25) is 5.02 Å². The zero-order valence-corrected chi connectivity index (χ0v) is 25.3. The van der Waals surface area contributed by atoms with Gasteiger partial charge in [-0.25, -0.2) is 13.2 Å². The summed E-state index contributed by atoms with van der Waals surface area (Å²) >= 11 is 6.00. The Morgan fingerprint density at radius 3 is 2.40 bits per heavy atom. The summed E-state index contributed by atoms with van der Waals surface area (Å²) in [6.07, 6.45) is -0.175. The molecule has 2 fully saturated rings. The van der Waals surface area contributed by atoms with Crippen molar-refractivity contribution in [1.82, 2.24) is 14.1 Å². The smallest absolute Gasteiger partial charge is 0.319 e. The molecule has 1 saturated carbocycles. The standard InChI is InChI=1S/C30H36ClF3N4O3S/c1-29(2)22-7-6-21(27(29)19-22)20-37(28(39)35-25-10-8-24(31)9-11-25)15-12-36-13-16-38(17-14-36)42(40,41)26-5-3-4-23(18-26)30(32,33)34/h3-6,8-11,18,22,27H,7,12-17,19-20H2,1-2H3,(H,35,39). The average Bonchev–Trinajstić information content (AvgIpc) is 2.96. The Morgan fingerprint density at radius 2 is 1.79 bits per heavy atom. The summed E-state index contributed by atoms with van der Waals surface area (Å²) < 4.78 is 66.9. The molecule has 6 rings (SSSR count). The van der Waals surface area contributed by atoms with Crippen LogP contribution in [0.15, 0.2) is 65.1 Å². The normalized spacial score (nSPS) is 22.7. The Hall–Kier alpha value is -2.60. The van der Waals surface area contributed by atoms with Crippen LogP contribution in [0.1, 0.15) is 32.3 Å². The molecule has 2 amide bonds. The van der Waals surface area contributed by atoms with Crippen molar-refractivity contribution in [3.63, 3.8) is 0 Å². The molecule has 1 aliphatic heterocycles. The number of nitrogens with zero attached hydrogens (tertiary/aromatic N) is 3. The fourth-order valence-corrected chi connectivity index (χ4v) is 7.90. The number of allylic oxidation sites excluding steroid dienone is 1. The largest absolute Gasteiger partial charge is 0.416 e. The second-order valence-corrected chi connectivity index (χ2v) is 14.3. The van der Waals surface area contributed by atoms with Gasteiger partial charge in [0.15, 0.2) is 0 Å². The molecule has 42 heavy (non-hydrogen) atoms. The number of sulfonamides is 1. The van der Waals surface area contributed by atoms with E-state index in [0.29, 0.717) is 61.3 Å². The van der Waals surface area contributed by atoms with E-state index in [1.54, 1.807) is 29.2 Å². The highest BCUT2D eigenvalue weighted by atomic mass is 35.5. The third-order valence-corrected chi connectivity index (χ3v) is 11.3. The highest BCUT2D eigenvalue weighted by Crippen LogP contribution is 2.59. The third-order valence-electron chi connectivity index (χ3n) is 9.16. The van der Waals surface area contributed by atoms with E-state index in [1.165, 1.54) is 15.9 Å². The van der Waals surface area contributed by atoms with Gasteiger partial charge >= 0.3 is 12.2 Å². The van der Waals surface area contributed by atoms with Crippen LogP contribution in [0, 0.1) is 17.3 Å². The van der Waals surface area contributed by atoms with Crippen molar-refractivity contribution in [3.05, 3.63) is 70.8 Å². The minimum atomic E-state index is -4.63. The van der Waals surface area contributed by atoms with E-state index in [0.717, 1.165) is 25.0 Å². The van der Waals surface area contributed by atoms with Gasteiger partial charge < -0.3 is 10.2 Å². The van der Waals surface area contributed by atoms with Gasteiger partial charge in [-0.15, -0.1) is 0 Å². The molecule has 2 aromatic carbocycles. The molecule has 1 N–H and O–H groups in total. The van der Waals surface area contributed by atoms with Crippen LogP contribution in [-0.4, -0.2) is 74.4 Å². The number of amides is 2. The number of carbonyl (C=O) groups is 1. The highest BCUT2D eigenvalue weighted by molar-refractivity contribution is 7.89. The Bertz CT molecular complexity index is 1440. The van der Waals surface area contributed by atoms with E-state index >= 15 is 0 Å². The monoisotopic (exact) mass is 624 g/mol. The first-order valence-electron chi connectivity index (χ1n) is 14.2. The van der Waals surface area contributed by atoms with E-state index in [-0.39, 0.29) is 29.4 Å². The fourth-order valence-electron chi connectivity index (χ4n) is 6.30. The van der Waals surface area contributed by atoms with Crippen molar-refractivity contribution in [2.45, 2.75) is 37.8 Å². The van der Waals surface area contributed by atoms with E-state index in [4.69, 9.17) is 11.6 Å².